The van der Waals surface area contributed by atoms with Crippen LogP contribution in [0.15, 0.2) is 95.8 Å². The van der Waals surface area contributed by atoms with Gasteiger partial charge in [-0.25, -0.2) is 4.68 Å². The molecule has 0 bridgehead atoms. The largest absolute Gasteiger partial charge is 0.492 e. The highest BCUT2D eigenvalue weighted by Crippen LogP contribution is 2.22. The summed E-state index contributed by atoms with van der Waals surface area (Å²) >= 11 is 5.88. The molecule has 4 aromatic rings. The van der Waals surface area contributed by atoms with Gasteiger partial charge in [0.1, 0.15) is 18.1 Å². The average Bonchev–Trinajstić information content (AvgIpc) is 2.87. The number of halogens is 1. The van der Waals surface area contributed by atoms with Gasteiger partial charge < -0.3 is 15.4 Å². The van der Waals surface area contributed by atoms with E-state index >= 15 is 0 Å². The first-order valence-electron chi connectivity index (χ1n) is 10.7. The molecule has 35 heavy (non-hydrogen) atoms. The van der Waals surface area contributed by atoms with Gasteiger partial charge in [-0.2, -0.15) is 5.10 Å². The highest BCUT2D eigenvalue weighted by molar-refractivity contribution is 6.30. The molecule has 0 atom stereocenters. The van der Waals surface area contributed by atoms with Crippen molar-refractivity contribution >= 4 is 34.8 Å². The number of carbonyl (C=O) groups excluding carboxylic acids is 2. The van der Waals surface area contributed by atoms with E-state index in [-0.39, 0.29) is 30.3 Å². The minimum Gasteiger partial charge on any atom is -0.492 e. The molecule has 0 radical (unpaired) electrons. The number of hydrogen-bond donors (Lipinski definition) is 2. The van der Waals surface area contributed by atoms with Crippen LogP contribution in [0, 0.1) is 0 Å². The fraction of sp³-hybridized carbons (Fsp3) is 0.0769. The Morgan fingerprint density at radius 1 is 0.800 bits per heavy atom. The Morgan fingerprint density at radius 3 is 2.11 bits per heavy atom. The minimum absolute atomic E-state index is 0.0446. The number of para-hydroxylation sites is 3. The van der Waals surface area contributed by atoms with Crippen molar-refractivity contribution in [1.82, 2.24) is 9.78 Å². The lowest BCUT2D eigenvalue weighted by Crippen LogP contribution is -2.28. The average molecular weight is 489 g/mol. The molecule has 0 aliphatic heterocycles. The molecule has 0 fully saturated rings. The lowest BCUT2D eigenvalue weighted by atomic mass is 10.2. The summed E-state index contributed by atoms with van der Waals surface area (Å²) in [5.74, 6) is -0.212. The van der Waals surface area contributed by atoms with E-state index in [1.54, 1.807) is 48.5 Å². The Labute approximate surface area is 206 Å². The van der Waals surface area contributed by atoms with E-state index in [4.69, 9.17) is 16.3 Å². The quantitative estimate of drug-likeness (QED) is 0.380. The Balaban J connectivity index is 1.44. The van der Waals surface area contributed by atoms with Gasteiger partial charge >= 0.3 is 0 Å². The van der Waals surface area contributed by atoms with Crippen molar-refractivity contribution in [3.63, 3.8) is 0 Å². The lowest BCUT2D eigenvalue weighted by molar-refractivity contribution is 0.101. The molecule has 176 valence electrons. The molecule has 4 rings (SSSR count). The maximum Gasteiger partial charge on any atom is 0.276 e. The van der Waals surface area contributed by atoms with Crippen molar-refractivity contribution in [3.8, 4) is 5.75 Å². The third-order valence-electron chi connectivity index (χ3n) is 4.94. The van der Waals surface area contributed by atoms with Crippen LogP contribution in [0.3, 0.4) is 0 Å². The van der Waals surface area contributed by atoms with Gasteiger partial charge in [0.2, 0.25) is 0 Å². The first-order chi connectivity index (χ1) is 17.0. The molecular weight excluding hydrogens is 468 g/mol. The predicted octanol–water partition coefficient (Wildman–Crippen LogP) is 4.48. The topological polar surface area (TPSA) is 102 Å². The summed E-state index contributed by atoms with van der Waals surface area (Å²) in [6.07, 6.45) is 0. The Bertz CT molecular complexity index is 1390. The van der Waals surface area contributed by atoms with Crippen molar-refractivity contribution in [3.05, 3.63) is 118 Å². The lowest BCUT2D eigenvalue weighted by Gasteiger charge is -2.13. The van der Waals surface area contributed by atoms with E-state index < -0.39 is 5.91 Å². The molecule has 0 saturated heterocycles. The van der Waals surface area contributed by atoms with Crippen molar-refractivity contribution in [2.45, 2.75) is 6.54 Å². The molecule has 2 amide bonds. The second-order valence-electron chi connectivity index (χ2n) is 7.40. The summed E-state index contributed by atoms with van der Waals surface area (Å²) < 4.78 is 6.78. The van der Waals surface area contributed by atoms with E-state index in [0.29, 0.717) is 27.7 Å². The monoisotopic (exact) mass is 488 g/mol. The van der Waals surface area contributed by atoms with E-state index in [0.717, 1.165) is 0 Å². The molecule has 8 nitrogen and oxygen atoms in total. The SMILES string of the molecule is O=C(Nc1ccccc1NC(=O)c1ccc(=O)n(CCOc2ccccc2)n1)c1ccc(Cl)cc1. The van der Waals surface area contributed by atoms with Crippen LogP contribution >= 0.6 is 11.6 Å². The van der Waals surface area contributed by atoms with Crippen LogP contribution in [-0.4, -0.2) is 28.2 Å². The molecule has 1 aromatic heterocycles. The second-order valence-corrected chi connectivity index (χ2v) is 7.84. The zero-order valence-corrected chi connectivity index (χ0v) is 19.2. The van der Waals surface area contributed by atoms with Gasteiger partial charge in [-0.15, -0.1) is 0 Å². The van der Waals surface area contributed by atoms with Crippen molar-refractivity contribution < 1.29 is 14.3 Å². The number of nitrogens with one attached hydrogen (secondary N) is 2. The van der Waals surface area contributed by atoms with E-state index in [1.807, 2.05) is 30.3 Å². The van der Waals surface area contributed by atoms with Crippen LogP contribution in [0.4, 0.5) is 11.4 Å². The normalized spacial score (nSPS) is 10.4. The molecule has 0 saturated carbocycles. The van der Waals surface area contributed by atoms with E-state index in [1.165, 1.54) is 16.8 Å². The zero-order valence-electron chi connectivity index (χ0n) is 18.5. The smallest absolute Gasteiger partial charge is 0.276 e. The fourth-order valence-electron chi connectivity index (χ4n) is 3.18. The highest BCUT2D eigenvalue weighted by Gasteiger charge is 2.14. The summed E-state index contributed by atoms with van der Waals surface area (Å²) in [6, 6.07) is 25.0. The number of amides is 2. The maximum absolute atomic E-state index is 12.9. The Morgan fingerprint density at radius 2 is 1.43 bits per heavy atom. The molecule has 3 aromatic carbocycles. The summed E-state index contributed by atoms with van der Waals surface area (Å²) in [5.41, 5.74) is 0.899. The van der Waals surface area contributed by atoms with E-state index in [9.17, 15) is 14.4 Å². The van der Waals surface area contributed by atoms with Crippen molar-refractivity contribution in [2.75, 3.05) is 17.2 Å². The Kier molecular flexibility index (Phi) is 7.54. The number of anilines is 2. The number of carbonyl (C=O) groups is 2. The zero-order chi connectivity index (χ0) is 24.6. The number of nitrogens with zero attached hydrogens (tertiary/aromatic N) is 2. The van der Waals surface area contributed by atoms with Crippen LogP contribution in [0.25, 0.3) is 0 Å². The minimum atomic E-state index is -0.532. The number of rotatable bonds is 8. The van der Waals surface area contributed by atoms with Crippen LogP contribution < -0.4 is 20.9 Å². The Hall–Kier alpha value is -4.43. The maximum atomic E-state index is 12.9. The number of benzene rings is 3. The first-order valence-corrected chi connectivity index (χ1v) is 11.1. The molecule has 1 heterocycles. The fourth-order valence-corrected chi connectivity index (χ4v) is 3.31. The van der Waals surface area contributed by atoms with Gasteiger partial charge in [-0.3, -0.25) is 14.4 Å². The summed E-state index contributed by atoms with van der Waals surface area (Å²) in [4.78, 5) is 37.6. The number of aromatic nitrogens is 2. The number of hydrogen-bond acceptors (Lipinski definition) is 5. The third kappa shape index (κ3) is 6.33. The molecule has 0 spiro atoms. The molecule has 9 heteroatoms. The van der Waals surface area contributed by atoms with Crippen LogP contribution in [0.1, 0.15) is 20.8 Å². The van der Waals surface area contributed by atoms with Crippen LogP contribution in [0.5, 0.6) is 5.75 Å². The highest BCUT2D eigenvalue weighted by atomic mass is 35.5. The van der Waals surface area contributed by atoms with Gasteiger partial charge in [-0.1, -0.05) is 41.9 Å². The first kappa shape index (κ1) is 23.7. The third-order valence-corrected chi connectivity index (χ3v) is 5.20. The molecule has 0 aliphatic carbocycles. The van der Waals surface area contributed by atoms with Crippen LogP contribution in [-0.2, 0) is 6.54 Å². The van der Waals surface area contributed by atoms with Gasteiger partial charge in [-0.05, 0) is 54.6 Å². The van der Waals surface area contributed by atoms with E-state index in [2.05, 4.69) is 15.7 Å². The molecule has 0 unspecified atom stereocenters. The van der Waals surface area contributed by atoms with Gasteiger partial charge in [0.05, 0.1) is 17.9 Å². The van der Waals surface area contributed by atoms with Gasteiger partial charge in [0.25, 0.3) is 17.4 Å². The summed E-state index contributed by atoms with van der Waals surface area (Å²) in [5, 5.41) is 10.2. The van der Waals surface area contributed by atoms with Crippen molar-refractivity contribution in [1.29, 1.82) is 0 Å². The molecular formula is C26H21ClN4O4. The molecule has 2 N–H and O–H groups in total. The summed E-state index contributed by atoms with van der Waals surface area (Å²) in [7, 11) is 0. The number of ether oxygens (including phenoxy) is 1. The predicted molar refractivity (Wildman–Crippen MR) is 134 cm³/mol. The molecule has 0 aliphatic rings. The van der Waals surface area contributed by atoms with Gasteiger partial charge in [0, 0.05) is 16.7 Å². The second kappa shape index (κ2) is 11.1. The van der Waals surface area contributed by atoms with Crippen molar-refractivity contribution in [2.24, 2.45) is 0 Å². The van der Waals surface area contributed by atoms with Crippen LogP contribution in [0.2, 0.25) is 5.02 Å². The van der Waals surface area contributed by atoms with Gasteiger partial charge in [0.15, 0.2) is 0 Å². The standard InChI is InChI=1S/C26H21ClN4O4/c27-19-12-10-18(11-13-19)25(33)28-21-8-4-5-9-22(21)29-26(34)23-14-15-24(32)31(30-23)16-17-35-20-6-2-1-3-7-20/h1-15H,16-17H2,(H,28,33)(H,29,34). The summed E-state index contributed by atoms with van der Waals surface area (Å²) in [6.45, 7) is 0.379.